The lowest BCUT2D eigenvalue weighted by Gasteiger charge is -2.35. The van der Waals surface area contributed by atoms with Crippen LogP contribution in [0.1, 0.15) is 5.56 Å². The maximum absolute atomic E-state index is 12.2. The van der Waals surface area contributed by atoms with Gasteiger partial charge in [-0.25, -0.2) is 0 Å². The van der Waals surface area contributed by atoms with Crippen molar-refractivity contribution < 1.29 is 9.53 Å². The van der Waals surface area contributed by atoms with Crippen molar-refractivity contribution in [3.8, 4) is 5.75 Å². The van der Waals surface area contributed by atoms with E-state index in [1.54, 1.807) is 18.9 Å². The van der Waals surface area contributed by atoms with Crippen LogP contribution in [0.25, 0.3) is 0 Å². The molecule has 1 N–H and O–H groups in total. The van der Waals surface area contributed by atoms with Gasteiger partial charge in [-0.15, -0.1) is 11.8 Å². The molecule has 2 aromatic carbocycles. The quantitative estimate of drug-likeness (QED) is 0.546. The van der Waals surface area contributed by atoms with Crippen LogP contribution in [-0.4, -0.2) is 62.9 Å². The van der Waals surface area contributed by atoms with Gasteiger partial charge in [-0.3, -0.25) is 9.69 Å². The molecule has 2 aromatic rings. The molecule has 0 spiro atoms. The average Bonchev–Trinajstić information content (AvgIpc) is 2.73. The maximum atomic E-state index is 12.2. The van der Waals surface area contributed by atoms with E-state index in [2.05, 4.69) is 58.4 Å². The van der Waals surface area contributed by atoms with Crippen LogP contribution in [0.15, 0.2) is 53.4 Å². The van der Waals surface area contributed by atoms with Crippen molar-refractivity contribution in [2.75, 3.05) is 57.0 Å². The first kappa shape index (κ1) is 20.6. The maximum Gasteiger partial charge on any atom is 0.234 e. The summed E-state index contributed by atoms with van der Waals surface area (Å²) in [7, 11) is 1.69. The number of nitrogens with zero attached hydrogens (tertiary/aromatic N) is 2. The predicted octanol–water partition coefficient (Wildman–Crippen LogP) is 3.03. The molecule has 3 rings (SSSR count). The van der Waals surface area contributed by atoms with Gasteiger partial charge in [0, 0.05) is 55.1 Å². The van der Waals surface area contributed by atoms with Crippen LogP contribution in [0.5, 0.6) is 5.75 Å². The molecule has 1 aliphatic heterocycles. The minimum atomic E-state index is 0.110. The molecule has 6 heteroatoms. The van der Waals surface area contributed by atoms with Gasteiger partial charge in [-0.2, -0.15) is 0 Å². The highest BCUT2D eigenvalue weighted by Crippen LogP contribution is 2.22. The highest BCUT2D eigenvalue weighted by atomic mass is 32.2. The Balaban J connectivity index is 1.33. The fourth-order valence-electron chi connectivity index (χ4n) is 3.22. The number of carbonyl (C=O) groups excluding carboxylic acids is 1. The summed E-state index contributed by atoms with van der Waals surface area (Å²) in [4.78, 5) is 18.0. The third-order valence-electron chi connectivity index (χ3n) is 4.87. The van der Waals surface area contributed by atoms with Crippen molar-refractivity contribution in [2.45, 2.75) is 11.8 Å². The normalized spacial score (nSPS) is 14.7. The van der Waals surface area contributed by atoms with Gasteiger partial charge < -0.3 is 15.0 Å². The van der Waals surface area contributed by atoms with Gasteiger partial charge in [-0.05, 0) is 31.2 Å². The van der Waals surface area contributed by atoms with Crippen LogP contribution in [-0.2, 0) is 4.79 Å². The third kappa shape index (κ3) is 6.17. The molecule has 150 valence electrons. The molecule has 0 aliphatic carbocycles. The number of amides is 1. The second kappa shape index (κ2) is 10.4. The van der Waals surface area contributed by atoms with E-state index in [4.69, 9.17) is 4.74 Å². The van der Waals surface area contributed by atoms with E-state index in [0.29, 0.717) is 13.1 Å². The Labute approximate surface area is 172 Å². The molecule has 0 atom stereocenters. The standard InChI is InChI=1S/C22H29N3O2S/c1-18-6-8-21(9-7-18)28-15-10-23-22(26)17-24-11-13-25(14-12-24)19-4-3-5-20(16-19)27-2/h3-9,16H,10-15,17H2,1-2H3,(H,23,26). The van der Waals surface area contributed by atoms with Crippen molar-refractivity contribution in [1.82, 2.24) is 10.2 Å². The number of benzene rings is 2. The Hall–Kier alpha value is -2.18. The molecule has 1 aliphatic rings. The number of piperazine rings is 1. The monoisotopic (exact) mass is 399 g/mol. The van der Waals surface area contributed by atoms with Gasteiger partial charge in [0.05, 0.1) is 13.7 Å². The van der Waals surface area contributed by atoms with Crippen LogP contribution < -0.4 is 15.0 Å². The number of ether oxygens (including phenoxy) is 1. The fraction of sp³-hybridized carbons (Fsp3) is 0.409. The van der Waals surface area contributed by atoms with E-state index in [9.17, 15) is 4.79 Å². The van der Waals surface area contributed by atoms with Gasteiger partial charge in [0.15, 0.2) is 0 Å². The van der Waals surface area contributed by atoms with Gasteiger partial charge in [0.1, 0.15) is 5.75 Å². The van der Waals surface area contributed by atoms with Crippen LogP contribution in [0, 0.1) is 6.92 Å². The van der Waals surface area contributed by atoms with Gasteiger partial charge in [0.25, 0.3) is 0 Å². The van der Waals surface area contributed by atoms with Crippen LogP contribution >= 0.6 is 11.8 Å². The van der Waals surface area contributed by atoms with E-state index in [1.807, 2.05) is 12.1 Å². The molecule has 0 bridgehead atoms. The average molecular weight is 400 g/mol. The molecule has 28 heavy (non-hydrogen) atoms. The molecular weight excluding hydrogens is 370 g/mol. The number of carbonyl (C=O) groups is 1. The molecule has 5 nitrogen and oxygen atoms in total. The van der Waals surface area contributed by atoms with E-state index in [-0.39, 0.29) is 5.91 Å². The Morgan fingerprint density at radius 1 is 1.11 bits per heavy atom. The molecule has 0 aromatic heterocycles. The highest BCUT2D eigenvalue weighted by Gasteiger charge is 2.19. The number of aryl methyl sites for hydroxylation is 1. The minimum Gasteiger partial charge on any atom is -0.497 e. The van der Waals surface area contributed by atoms with Crippen molar-refractivity contribution in [3.05, 3.63) is 54.1 Å². The number of hydrogen-bond donors (Lipinski definition) is 1. The number of methoxy groups -OCH3 is 1. The van der Waals surface area contributed by atoms with Crippen molar-refractivity contribution in [1.29, 1.82) is 0 Å². The topological polar surface area (TPSA) is 44.8 Å². The van der Waals surface area contributed by atoms with Crippen LogP contribution in [0.2, 0.25) is 0 Å². The smallest absolute Gasteiger partial charge is 0.234 e. The first-order chi connectivity index (χ1) is 13.6. The summed E-state index contributed by atoms with van der Waals surface area (Å²) in [5, 5.41) is 3.04. The van der Waals surface area contributed by atoms with E-state index >= 15 is 0 Å². The summed E-state index contributed by atoms with van der Waals surface area (Å²) in [6, 6.07) is 16.6. The lowest BCUT2D eigenvalue weighted by Crippen LogP contribution is -2.49. The SMILES string of the molecule is COc1cccc(N2CCN(CC(=O)NCCSc3ccc(C)cc3)CC2)c1. The summed E-state index contributed by atoms with van der Waals surface area (Å²) >= 11 is 1.77. The Kier molecular flexibility index (Phi) is 7.62. The van der Waals surface area contributed by atoms with Gasteiger partial charge in [0.2, 0.25) is 5.91 Å². The van der Waals surface area contributed by atoms with E-state index < -0.39 is 0 Å². The molecule has 0 unspecified atom stereocenters. The first-order valence-electron chi connectivity index (χ1n) is 9.71. The zero-order chi connectivity index (χ0) is 19.8. The number of nitrogens with one attached hydrogen (secondary N) is 1. The molecule has 1 fully saturated rings. The highest BCUT2D eigenvalue weighted by molar-refractivity contribution is 7.99. The molecular formula is C22H29N3O2S. The number of anilines is 1. The zero-order valence-electron chi connectivity index (χ0n) is 16.7. The van der Waals surface area contributed by atoms with Gasteiger partial charge >= 0.3 is 0 Å². The third-order valence-corrected chi connectivity index (χ3v) is 5.89. The van der Waals surface area contributed by atoms with Crippen molar-refractivity contribution in [2.24, 2.45) is 0 Å². The zero-order valence-corrected chi connectivity index (χ0v) is 17.5. The summed E-state index contributed by atoms with van der Waals surface area (Å²) in [5.41, 5.74) is 2.45. The summed E-state index contributed by atoms with van der Waals surface area (Å²) in [6.07, 6.45) is 0. The Morgan fingerprint density at radius 2 is 1.86 bits per heavy atom. The Bertz CT molecular complexity index is 759. The predicted molar refractivity (Wildman–Crippen MR) is 117 cm³/mol. The van der Waals surface area contributed by atoms with E-state index in [1.165, 1.54) is 16.1 Å². The fourth-order valence-corrected chi connectivity index (χ4v) is 3.99. The number of thioether (sulfide) groups is 1. The Morgan fingerprint density at radius 3 is 2.57 bits per heavy atom. The second-order valence-corrected chi connectivity index (χ2v) is 8.14. The van der Waals surface area contributed by atoms with Crippen molar-refractivity contribution in [3.63, 3.8) is 0 Å². The minimum absolute atomic E-state index is 0.110. The molecule has 0 saturated carbocycles. The molecule has 1 heterocycles. The number of rotatable bonds is 8. The van der Waals surface area contributed by atoms with Crippen molar-refractivity contribution >= 4 is 23.4 Å². The lowest BCUT2D eigenvalue weighted by atomic mass is 10.2. The molecule has 0 radical (unpaired) electrons. The lowest BCUT2D eigenvalue weighted by molar-refractivity contribution is -0.122. The number of hydrogen-bond acceptors (Lipinski definition) is 5. The van der Waals surface area contributed by atoms with Gasteiger partial charge in [-0.1, -0.05) is 23.8 Å². The second-order valence-electron chi connectivity index (χ2n) is 6.98. The largest absolute Gasteiger partial charge is 0.497 e. The van der Waals surface area contributed by atoms with Crippen LogP contribution in [0.4, 0.5) is 5.69 Å². The summed E-state index contributed by atoms with van der Waals surface area (Å²) in [6.45, 7) is 6.88. The summed E-state index contributed by atoms with van der Waals surface area (Å²) < 4.78 is 5.31. The van der Waals surface area contributed by atoms with E-state index in [0.717, 1.165) is 37.7 Å². The van der Waals surface area contributed by atoms with Crippen LogP contribution in [0.3, 0.4) is 0 Å². The molecule has 1 saturated heterocycles. The summed E-state index contributed by atoms with van der Waals surface area (Å²) in [5.74, 6) is 1.88. The first-order valence-corrected chi connectivity index (χ1v) is 10.7. The molecule has 1 amide bonds.